The van der Waals surface area contributed by atoms with E-state index in [0.717, 1.165) is 5.56 Å². The Bertz CT molecular complexity index is 880. The topological polar surface area (TPSA) is 74.0 Å². The largest absolute Gasteiger partial charge is 0.453 e. The van der Waals surface area contributed by atoms with Gasteiger partial charge in [0.15, 0.2) is 5.76 Å². The van der Waals surface area contributed by atoms with Crippen LogP contribution in [-0.4, -0.2) is 46.4 Å². The molecule has 2 saturated heterocycles. The van der Waals surface area contributed by atoms with Crippen LogP contribution in [0.4, 0.5) is 4.39 Å². The van der Waals surface area contributed by atoms with Gasteiger partial charge in [0, 0.05) is 38.4 Å². The third kappa shape index (κ3) is 3.12. The van der Waals surface area contributed by atoms with E-state index in [1.807, 2.05) is 6.07 Å². The lowest BCUT2D eigenvalue weighted by Gasteiger charge is -2.29. The monoisotopic (exact) mass is 372 g/mol. The molecule has 1 N–H and O–H groups in total. The fourth-order valence-electron chi connectivity index (χ4n) is 4.39. The molecule has 2 aliphatic rings. The molecule has 2 amide bonds. The van der Waals surface area contributed by atoms with E-state index in [4.69, 9.17) is 9.52 Å². The van der Waals surface area contributed by atoms with Gasteiger partial charge in [-0.15, -0.1) is 0 Å². The molecule has 3 heterocycles. The van der Waals surface area contributed by atoms with Crippen molar-refractivity contribution in [2.45, 2.75) is 19.6 Å². The third-order valence-electron chi connectivity index (χ3n) is 5.57. The summed E-state index contributed by atoms with van der Waals surface area (Å²) >= 11 is 0. The highest BCUT2D eigenvalue weighted by atomic mass is 19.1. The highest BCUT2D eigenvalue weighted by molar-refractivity contribution is 5.91. The number of fused-ring (bicyclic) bond motifs is 1. The molecule has 7 heteroatoms. The second-order valence-electron chi connectivity index (χ2n) is 7.23. The molecule has 4 rings (SSSR count). The number of benzene rings is 1. The Kier molecular flexibility index (Phi) is 4.47. The fourth-order valence-corrected chi connectivity index (χ4v) is 4.39. The van der Waals surface area contributed by atoms with Gasteiger partial charge in [0.2, 0.25) is 5.91 Å². The van der Waals surface area contributed by atoms with E-state index in [0.29, 0.717) is 25.4 Å². The number of aliphatic hydroxyl groups excluding tert-OH is 1. The van der Waals surface area contributed by atoms with E-state index in [1.54, 1.807) is 28.0 Å². The lowest BCUT2D eigenvalue weighted by molar-refractivity contribution is -0.130. The van der Waals surface area contributed by atoms with Gasteiger partial charge in [0.05, 0.1) is 6.04 Å². The molecule has 0 bridgehead atoms. The van der Waals surface area contributed by atoms with Gasteiger partial charge >= 0.3 is 0 Å². The summed E-state index contributed by atoms with van der Waals surface area (Å²) in [6.45, 7) is 2.81. The fraction of sp³-hybridized carbons (Fsp3) is 0.400. The molecule has 2 aromatic rings. The second-order valence-corrected chi connectivity index (χ2v) is 7.23. The van der Waals surface area contributed by atoms with Crippen LogP contribution >= 0.6 is 0 Å². The number of rotatable bonds is 3. The van der Waals surface area contributed by atoms with Crippen LogP contribution in [0.25, 0.3) is 0 Å². The molecule has 27 heavy (non-hydrogen) atoms. The van der Waals surface area contributed by atoms with Crippen molar-refractivity contribution in [2.24, 2.45) is 11.8 Å². The lowest BCUT2D eigenvalue weighted by Crippen LogP contribution is -2.36. The smallest absolute Gasteiger partial charge is 0.289 e. The minimum atomic E-state index is -0.336. The molecule has 0 saturated carbocycles. The van der Waals surface area contributed by atoms with Crippen LogP contribution in [0.5, 0.6) is 0 Å². The Morgan fingerprint density at radius 2 is 2.04 bits per heavy atom. The van der Waals surface area contributed by atoms with E-state index < -0.39 is 0 Å². The van der Waals surface area contributed by atoms with Gasteiger partial charge in [-0.2, -0.15) is 0 Å². The van der Waals surface area contributed by atoms with Crippen molar-refractivity contribution in [1.29, 1.82) is 0 Å². The quantitative estimate of drug-likeness (QED) is 0.896. The molecule has 2 fully saturated rings. The van der Waals surface area contributed by atoms with Crippen molar-refractivity contribution in [3.05, 3.63) is 59.3 Å². The van der Waals surface area contributed by atoms with Gasteiger partial charge in [0.1, 0.15) is 18.2 Å². The lowest BCUT2D eigenvalue weighted by atomic mass is 9.89. The average Bonchev–Trinajstić information content (AvgIpc) is 3.34. The SMILES string of the molecule is CC(=O)N1C[C@H]2CN(C(=O)c3ccc(CO)o3)C[C@H]2[C@@H]1c1cccc(F)c1. The summed E-state index contributed by atoms with van der Waals surface area (Å²) in [6, 6.07) is 9.22. The number of carbonyl (C=O) groups is 2. The zero-order valence-corrected chi connectivity index (χ0v) is 15.0. The van der Waals surface area contributed by atoms with Crippen LogP contribution < -0.4 is 0 Å². The van der Waals surface area contributed by atoms with Crippen molar-refractivity contribution in [1.82, 2.24) is 9.80 Å². The Labute approximate surface area is 156 Å². The minimum Gasteiger partial charge on any atom is -0.453 e. The zero-order chi connectivity index (χ0) is 19.1. The summed E-state index contributed by atoms with van der Waals surface area (Å²) in [6.07, 6.45) is 0. The van der Waals surface area contributed by atoms with Crippen LogP contribution in [0, 0.1) is 17.7 Å². The van der Waals surface area contributed by atoms with E-state index in [2.05, 4.69) is 0 Å². The summed E-state index contributed by atoms with van der Waals surface area (Å²) in [4.78, 5) is 28.4. The van der Waals surface area contributed by atoms with Crippen LogP contribution in [0.15, 0.2) is 40.8 Å². The molecule has 2 aliphatic heterocycles. The van der Waals surface area contributed by atoms with E-state index >= 15 is 0 Å². The number of halogens is 1. The normalized spacial score (nSPS) is 24.3. The van der Waals surface area contributed by atoms with Gasteiger partial charge in [-0.3, -0.25) is 9.59 Å². The van der Waals surface area contributed by atoms with Gasteiger partial charge in [-0.05, 0) is 29.8 Å². The number of aliphatic hydroxyl groups is 1. The van der Waals surface area contributed by atoms with Gasteiger partial charge in [-0.25, -0.2) is 4.39 Å². The van der Waals surface area contributed by atoms with Crippen molar-refractivity contribution >= 4 is 11.8 Å². The van der Waals surface area contributed by atoms with Crippen molar-refractivity contribution < 1.29 is 23.5 Å². The Hall–Kier alpha value is -2.67. The molecule has 3 atom stereocenters. The summed E-state index contributed by atoms with van der Waals surface area (Å²) in [5.41, 5.74) is 0.757. The maximum Gasteiger partial charge on any atom is 0.289 e. The Morgan fingerprint density at radius 3 is 2.70 bits per heavy atom. The van der Waals surface area contributed by atoms with E-state index in [9.17, 15) is 14.0 Å². The standard InChI is InChI=1S/C20H21FN2O4/c1-12(25)23-9-14-8-22(20(26)18-6-5-16(11-24)27-18)10-17(14)19(23)13-3-2-4-15(21)7-13/h2-7,14,17,19,24H,8-11H2,1H3/t14-,17-,19+/m1/s1. The van der Waals surface area contributed by atoms with Crippen LogP contribution in [-0.2, 0) is 11.4 Å². The molecular weight excluding hydrogens is 351 g/mol. The van der Waals surface area contributed by atoms with Crippen LogP contribution in [0.1, 0.15) is 34.8 Å². The number of hydrogen-bond acceptors (Lipinski definition) is 4. The summed E-state index contributed by atoms with van der Waals surface area (Å²) in [7, 11) is 0. The number of nitrogens with zero attached hydrogens (tertiary/aromatic N) is 2. The second kappa shape index (κ2) is 6.81. The van der Waals surface area contributed by atoms with Crippen LogP contribution in [0.2, 0.25) is 0 Å². The summed E-state index contributed by atoms with van der Waals surface area (Å²) in [5.74, 6) is 0.123. The Balaban J connectivity index is 1.58. The molecule has 142 valence electrons. The number of carbonyl (C=O) groups excluding carboxylic acids is 2. The molecule has 0 aliphatic carbocycles. The van der Waals surface area contributed by atoms with Crippen molar-refractivity contribution in [3.63, 3.8) is 0 Å². The summed E-state index contributed by atoms with van der Waals surface area (Å²) < 4.78 is 19.1. The van der Waals surface area contributed by atoms with Gasteiger partial charge < -0.3 is 19.3 Å². The first-order valence-corrected chi connectivity index (χ1v) is 8.99. The molecule has 0 unspecified atom stereocenters. The molecule has 0 spiro atoms. The molecule has 1 aromatic carbocycles. The molecule has 0 radical (unpaired) electrons. The highest BCUT2D eigenvalue weighted by Crippen LogP contribution is 2.45. The number of amides is 2. The van der Waals surface area contributed by atoms with E-state index in [1.165, 1.54) is 19.1 Å². The third-order valence-corrected chi connectivity index (χ3v) is 5.57. The van der Waals surface area contributed by atoms with Gasteiger partial charge in [0.25, 0.3) is 5.91 Å². The summed E-state index contributed by atoms with van der Waals surface area (Å²) in [5, 5.41) is 9.11. The highest BCUT2D eigenvalue weighted by Gasteiger charge is 2.49. The molecule has 1 aromatic heterocycles. The Morgan fingerprint density at radius 1 is 1.22 bits per heavy atom. The molecular formula is C20H21FN2O4. The van der Waals surface area contributed by atoms with E-state index in [-0.39, 0.29) is 47.9 Å². The number of likely N-dealkylation sites (tertiary alicyclic amines) is 2. The predicted molar refractivity (Wildman–Crippen MR) is 94.0 cm³/mol. The van der Waals surface area contributed by atoms with Crippen LogP contribution in [0.3, 0.4) is 0 Å². The van der Waals surface area contributed by atoms with Crippen molar-refractivity contribution in [3.8, 4) is 0 Å². The van der Waals surface area contributed by atoms with Gasteiger partial charge in [-0.1, -0.05) is 12.1 Å². The number of hydrogen-bond donors (Lipinski definition) is 1. The maximum absolute atomic E-state index is 13.8. The predicted octanol–water partition coefficient (Wildman–Crippen LogP) is 2.20. The molecule has 6 nitrogen and oxygen atoms in total. The average molecular weight is 372 g/mol. The van der Waals surface area contributed by atoms with Crippen molar-refractivity contribution in [2.75, 3.05) is 19.6 Å². The first-order chi connectivity index (χ1) is 13.0. The number of furan rings is 1. The maximum atomic E-state index is 13.8. The first kappa shape index (κ1) is 17.7. The first-order valence-electron chi connectivity index (χ1n) is 8.99. The minimum absolute atomic E-state index is 0.0461. The zero-order valence-electron chi connectivity index (χ0n) is 15.0.